The van der Waals surface area contributed by atoms with Crippen LogP contribution in [0.2, 0.25) is 0 Å². The molecule has 246 valence electrons. The standard InChI is InChI=1S/C39H34N3O6P/c1-26(43)35-33(25-34(44)27-12-11-13-28(24-27)36(45)41-29-20-22-40-23-21-29)42(37(35)46)38(39(47)48)49(30-14-5-2-6-15-30,31-16-7-3-8-17-31)32-18-9-4-10-19-32/h2-24,26,33,35,43H,25H2,1H3,(H,47,48)(H,40,41,45)/t26-,33?,35?/m1/s1. The summed E-state index contributed by atoms with van der Waals surface area (Å²) in [6, 6.07) is 36.3. The average molecular weight is 672 g/mol. The summed E-state index contributed by atoms with van der Waals surface area (Å²) in [7, 11) is 0. The van der Waals surface area contributed by atoms with E-state index in [1.807, 2.05) is 91.0 Å². The number of ketones is 1. The monoisotopic (exact) mass is 671 g/mol. The molecule has 0 spiro atoms. The number of carbonyl (C=O) groups is 4. The van der Waals surface area contributed by atoms with Crippen molar-refractivity contribution in [3.63, 3.8) is 0 Å². The highest BCUT2D eigenvalue weighted by molar-refractivity contribution is 7.96. The largest absolute Gasteiger partial charge is 0.477 e. The Kier molecular flexibility index (Phi) is 9.67. The molecule has 1 aliphatic heterocycles. The number of likely N-dealkylation sites (tertiary alicyclic amines) is 1. The third-order valence-corrected chi connectivity index (χ3v) is 13.0. The lowest BCUT2D eigenvalue weighted by atomic mass is 9.79. The molecule has 0 radical (unpaired) electrons. The number of amides is 2. The fraction of sp³-hybridized carbons (Fsp3) is 0.128. The molecule has 49 heavy (non-hydrogen) atoms. The van der Waals surface area contributed by atoms with E-state index in [1.165, 1.54) is 17.9 Å². The molecule has 0 aliphatic carbocycles. The number of Topliss-reactive ketones (excluding diaryl/α,β-unsaturated/α-hetero) is 1. The van der Waals surface area contributed by atoms with Crippen molar-refractivity contribution in [1.29, 1.82) is 0 Å². The van der Waals surface area contributed by atoms with Crippen molar-refractivity contribution in [2.24, 2.45) is 5.92 Å². The molecule has 0 saturated carbocycles. The highest BCUT2D eigenvalue weighted by Gasteiger charge is 2.55. The van der Waals surface area contributed by atoms with Gasteiger partial charge in [-0.3, -0.25) is 19.4 Å². The minimum absolute atomic E-state index is 0.138. The number of β-lactam (4-membered cyclic amide) rings is 1. The molecule has 2 unspecified atom stereocenters. The third-order valence-electron chi connectivity index (χ3n) is 8.74. The van der Waals surface area contributed by atoms with Gasteiger partial charge in [0, 0.05) is 42.5 Å². The molecule has 1 fully saturated rings. The van der Waals surface area contributed by atoms with E-state index in [2.05, 4.69) is 10.3 Å². The van der Waals surface area contributed by atoms with E-state index in [0.29, 0.717) is 5.69 Å². The van der Waals surface area contributed by atoms with Crippen LogP contribution in [0.25, 0.3) is 0 Å². The summed E-state index contributed by atoms with van der Waals surface area (Å²) in [5.74, 6) is -3.70. The van der Waals surface area contributed by atoms with Gasteiger partial charge in [-0.1, -0.05) is 103 Å². The first-order chi connectivity index (χ1) is 23.7. The highest BCUT2D eigenvalue weighted by Crippen LogP contribution is 2.49. The molecule has 3 atom stereocenters. The first-order valence-electron chi connectivity index (χ1n) is 15.8. The second kappa shape index (κ2) is 14.2. The van der Waals surface area contributed by atoms with Gasteiger partial charge in [-0.25, -0.2) is 4.79 Å². The number of anilines is 1. The molecular formula is C39H34N3O6P. The van der Waals surface area contributed by atoms with E-state index >= 15 is 0 Å². The van der Waals surface area contributed by atoms with E-state index < -0.39 is 48.5 Å². The van der Waals surface area contributed by atoms with Crippen LogP contribution in [0.4, 0.5) is 5.69 Å². The van der Waals surface area contributed by atoms with E-state index in [4.69, 9.17) is 0 Å². The Bertz CT molecular complexity index is 1950. The van der Waals surface area contributed by atoms with Crippen LogP contribution < -0.4 is 21.2 Å². The first-order valence-corrected chi connectivity index (χ1v) is 17.5. The minimum atomic E-state index is -3.27. The summed E-state index contributed by atoms with van der Waals surface area (Å²) >= 11 is 0. The van der Waals surface area contributed by atoms with Gasteiger partial charge in [0.2, 0.25) is 5.91 Å². The van der Waals surface area contributed by atoms with Crippen molar-refractivity contribution in [2.45, 2.75) is 25.5 Å². The van der Waals surface area contributed by atoms with Crippen molar-refractivity contribution in [2.75, 3.05) is 5.32 Å². The predicted octanol–water partition coefficient (Wildman–Crippen LogP) is 4.32. The van der Waals surface area contributed by atoms with Crippen LogP contribution in [0.3, 0.4) is 0 Å². The maximum Gasteiger partial charge on any atom is 0.353 e. The van der Waals surface area contributed by atoms with Gasteiger partial charge in [0.05, 0.1) is 18.1 Å². The van der Waals surface area contributed by atoms with Gasteiger partial charge < -0.3 is 20.4 Å². The number of pyridine rings is 1. The molecule has 4 aromatic carbocycles. The van der Waals surface area contributed by atoms with Crippen molar-refractivity contribution in [3.8, 4) is 0 Å². The number of carboxylic acids is 1. The number of aliphatic carboxylic acids is 1. The molecule has 9 nitrogen and oxygen atoms in total. The Morgan fingerprint density at radius 3 is 1.78 bits per heavy atom. The van der Waals surface area contributed by atoms with Crippen molar-refractivity contribution < 1.29 is 29.4 Å². The Balaban J connectivity index is 1.49. The molecular weight excluding hydrogens is 637 g/mol. The Morgan fingerprint density at radius 2 is 1.29 bits per heavy atom. The predicted molar refractivity (Wildman–Crippen MR) is 191 cm³/mol. The summed E-state index contributed by atoms with van der Waals surface area (Å²) in [5, 5.41) is 26.9. The average Bonchev–Trinajstić information content (AvgIpc) is 3.13. The van der Waals surface area contributed by atoms with Gasteiger partial charge in [-0.15, -0.1) is 0 Å². The number of hydrogen-bond acceptors (Lipinski definition) is 6. The number of carboxylic acid groups (broad SMARTS) is 1. The molecule has 6 rings (SSSR count). The maximum absolute atomic E-state index is 14.1. The fourth-order valence-corrected chi connectivity index (χ4v) is 10.9. The lowest BCUT2D eigenvalue weighted by molar-refractivity contribution is -0.156. The molecule has 2 heterocycles. The second-order valence-corrected chi connectivity index (χ2v) is 15.1. The zero-order valence-electron chi connectivity index (χ0n) is 26.6. The number of aliphatic hydroxyl groups is 1. The molecule has 1 saturated heterocycles. The highest BCUT2D eigenvalue weighted by atomic mass is 31.2. The second-order valence-electron chi connectivity index (χ2n) is 11.7. The zero-order chi connectivity index (χ0) is 34.5. The third kappa shape index (κ3) is 6.34. The molecule has 2 amide bonds. The van der Waals surface area contributed by atoms with Gasteiger partial charge in [-0.05, 0) is 47.1 Å². The number of rotatable bonds is 11. The number of benzene rings is 4. The number of aromatic nitrogens is 1. The number of nitrogens with one attached hydrogen (secondary N) is 1. The Morgan fingerprint density at radius 1 is 0.776 bits per heavy atom. The molecule has 5 aromatic rings. The summed E-state index contributed by atoms with van der Waals surface area (Å²) in [5.41, 5.74) is 0.870. The quantitative estimate of drug-likeness (QED) is 0.108. The summed E-state index contributed by atoms with van der Waals surface area (Å²) in [4.78, 5) is 59.9. The van der Waals surface area contributed by atoms with Gasteiger partial charge in [-0.2, -0.15) is 0 Å². The van der Waals surface area contributed by atoms with E-state index in [1.54, 1.807) is 42.7 Å². The Hall–Kier alpha value is -5.63. The van der Waals surface area contributed by atoms with Crippen LogP contribution in [0.5, 0.6) is 0 Å². The van der Waals surface area contributed by atoms with Crippen molar-refractivity contribution in [3.05, 3.63) is 151 Å². The first kappa shape index (κ1) is 33.3. The molecule has 10 heteroatoms. The fourth-order valence-electron chi connectivity index (χ4n) is 6.53. The van der Waals surface area contributed by atoms with Gasteiger partial charge in [0.15, 0.2) is 5.78 Å². The van der Waals surface area contributed by atoms with E-state index in [-0.39, 0.29) is 23.0 Å². The van der Waals surface area contributed by atoms with Crippen molar-refractivity contribution in [1.82, 2.24) is 9.88 Å². The van der Waals surface area contributed by atoms with Crippen LogP contribution >= 0.6 is 6.89 Å². The minimum Gasteiger partial charge on any atom is -0.477 e. The van der Waals surface area contributed by atoms with Crippen LogP contribution in [0.1, 0.15) is 34.1 Å². The molecule has 0 bridgehead atoms. The van der Waals surface area contributed by atoms with Crippen LogP contribution in [-0.2, 0) is 9.59 Å². The number of hydrogen-bond donors (Lipinski definition) is 3. The Labute approximate surface area is 283 Å². The lowest BCUT2D eigenvalue weighted by Gasteiger charge is -2.50. The molecule has 3 N–H and O–H groups in total. The topological polar surface area (TPSA) is 137 Å². The summed E-state index contributed by atoms with van der Waals surface area (Å²) < 4.78 is 0. The SMILES string of the molecule is C[C@@H](O)C1C(=O)N(C(C(=O)O)=P(c2ccccc2)(c2ccccc2)c2ccccc2)C1CC(=O)c1cccc(C(=O)Nc2ccncc2)c1. The van der Waals surface area contributed by atoms with Crippen LogP contribution in [-0.4, -0.2) is 61.2 Å². The number of nitrogens with zero attached hydrogens (tertiary/aromatic N) is 2. The van der Waals surface area contributed by atoms with Crippen LogP contribution in [0, 0.1) is 5.92 Å². The number of carbonyl (C=O) groups excluding carboxylic acids is 3. The zero-order valence-corrected chi connectivity index (χ0v) is 27.5. The number of aliphatic hydroxyl groups excluding tert-OH is 1. The summed E-state index contributed by atoms with van der Waals surface area (Å²) in [6.07, 6.45) is 1.68. The van der Waals surface area contributed by atoms with Gasteiger partial charge in [0.25, 0.3) is 5.91 Å². The smallest absolute Gasteiger partial charge is 0.353 e. The molecule has 1 aromatic heterocycles. The van der Waals surface area contributed by atoms with E-state index in [0.717, 1.165) is 15.9 Å². The lowest BCUT2D eigenvalue weighted by Crippen LogP contribution is -2.68. The van der Waals surface area contributed by atoms with Gasteiger partial charge >= 0.3 is 5.97 Å². The van der Waals surface area contributed by atoms with Crippen molar-refractivity contribution >= 4 is 57.5 Å². The van der Waals surface area contributed by atoms with Crippen LogP contribution in [0.15, 0.2) is 140 Å². The summed E-state index contributed by atoms with van der Waals surface area (Å²) in [6.45, 7) is -1.80. The molecule has 1 aliphatic rings. The maximum atomic E-state index is 14.1. The van der Waals surface area contributed by atoms with E-state index in [9.17, 15) is 29.4 Å². The van der Waals surface area contributed by atoms with Gasteiger partial charge in [0.1, 0.15) is 5.42 Å². The normalized spacial score (nSPS) is 16.3.